The first kappa shape index (κ1) is 9.22. The molecule has 0 saturated carbocycles. The van der Waals surface area contributed by atoms with Crippen molar-refractivity contribution >= 4 is 0 Å². The van der Waals surface area contributed by atoms with Crippen molar-refractivity contribution in [2.45, 2.75) is 31.7 Å². The van der Waals surface area contributed by atoms with Gasteiger partial charge in [-0.15, -0.1) is 0 Å². The first-order valence-electron chi connectivity index (χ1n) is 5.82. The van der Waals surface area contributed by atoms with Crippen LogP contribution in [0.5, 0.6) is 5.75 Å². The second-order valence-electron chi connectivity index (χ2n) is 4.71. The van der Waals surface area contributed by atoms with Crippen molar-refractivity contribution in [2.75, 3.05) is 13.2 Å². The topological polar surface area (TPSA) is 21.3 Å². The van der Waals surface area contributed by atoms with E-state index in [2.05, 4.69) is 30.4 Å². The van der Waals surface area contributed by atoms with E-state index >= 15 is 0 Å². The van der Waals surface area contributed by atoms with Gasteiger partial charge in [0.1, 0.15) is 5.75 Å². The summed E-state index contributed by atoms with van der Waals surface area (Å²) in [5.74, 6) is 1.80. The molecule has 1 N–H and O–H groups in total. The zero-order valence-electron chi connectivity index (χ0n) is 9.12. The molecule has 15 heavy (non-hydrogen) atoms. The molecule has 3 rings (SSSR count). The van der Waals surface area contributed by atoms with Crippen LogP contribution in [0.2, 0.25) is 0 Å². The van der Waals surface area contributed by atoms with Gasteiger partial charge in [-0.2, -0.15) is 0 Å². The summed E-state index contributed by atoms with van der Waals surface area (Å²) in [7, 11) is 0. The predicted molar refractivity (Wildman–Crippen MR) is 60.5 cm³/mol. The smallest absolute Gasteiger partial charge is 0.122 e. The Hall–Kier alpha value is -1.02. The minimum Gasteiger partial charge on any atom is -0.493 e. The number of fused-ring (bicyclic) bond motifs is 1. The molecule has 0 aliphatic carbocycles. The Morgan fingerprint density at radius 2 is 2.33 bits per heavy atom. The summed E-state index contributed by atoms with van der Waals surface area (Å²) >= 11 is 0. The van der Waals surface area contributed by atoms with Crippen molar-refractivity contribution in [2.24, 2.45) is 0 Å². The third-order valence-electron chi connectivity index (χ3n) is 3.54. The van der Waals surface area contributed by atoms with Crippen LogP contribution in [0.15, 0.2) is 18.2 Å². The van der Waals surface area contributed by atoms with Gasteiger partial charge in [0, 0.05) is 19.0 Å². The molecule has 1 aromatic carbocycles. The number of nitrogens with one attached hydrogen (secondary N) is 1. The van der Waals surface area contributed by atoms with E-state index in [0.717, 1.165) is 25.3 Å². The van der Waals surface area contributed by atoms with Crippen LogP contribution in [0.1, 0.15) is 30.4 Å². The fraction of sp³-hybridized carbons (Fsp3) is 0.538. The zero-order valence-corrected chi connectivity index (χ0v) is 9.12. The van der Waals surface area contributed by atoms with E-state index in [4.69, 9.17) is 4.74 Å². The average Bonchev–Trinajstić information content (AvgIpc) is 2.84. The molecule has 80 valence electrons. The van der Waals surface area contributed by atoms with Crippen molar-refractivity contribution in [1.82, 2.24) is 5.32 Å². The number of hydrogen-bond donors (Lipinski definition) is 1. The Labute approximate surface area is 90.6 Å². The summed E-state index contributed by atoms with van der Waals surface area (Å²) < 4.78 is 5.52. The molecule has 1 saturated heterocycles. The normalized spacial score (nSPS) is 28.9. The van der Waals surface area contributed by atoms with E-state index in [1.54, 1.807) is 0 Å². The van der Waals surface area contributed by atoms with Crippen LogP contribution in [0.3, 0.4) is 0 Å². The van der Waals surface area contributed by atoms with Crippen molar-refractivity contribution < 1.29 is 4.74 Å². The van der Waals surface area contributed by atoms with E-state index in [1.165, 1.54) is 17.5 Å². The Bertz CT molecular complexity index is 375. The lowest BCUT2D eigenvalue weighted by Crippen LogP contribution is -2.16. The van der Waals surface area contributed by atoms with Crippen molar-refractivity contribution in [1.29, 1.82) is 0 Å². The monoisotopic (exact) mass is 203 g/mol. The molecule has 2 aliphatic rings. The summed E-state index contributed by atoms with van der Waals surface area (Å²) in [5, 5.41) is 3.50. The molecular formula is C13H17NO. The van der Waals surface area contributed by atoms with E-state index in [1.807, 2.05) is 0 Å². The van der Waals surface area contributed by atoms with E-state index in [9.17, 15) is 0 Å². The molecule has 0 amide bonds. The maximum atomic E-state index is 5.52. The van der Waals surface area contributed by atoms with Crippen LogP contribution < -0.4 is 10.1 Å². The van der Waals surface area contributed by atoms with Gasteiger partial charge in [-0.1, -0.05) is 12.1 Å². The van der Waals surface area contributed by atoms with Crippen LogP contribution in [0, 0.1) is 0 Å². The standard InChI is InChI=1S/C13H17NO/c1-9-6-12(8-14-9)10-2-3-13-11(7-10)4-5-15-13/h2-3,7,9,12,14H,4-6,8H2,1H3. The molecule has 2 heterocycles. The number of ether oxygens (including phenoxy) is 1. The van der Waals surface area contributed by atoms with Gasteiger partial charge in [-0.05, 0) is 36.5 Å². The molecule has 2 heteroatoms. The van der Waals surface area contributed by atoms with Gasteiger partial charge in [-0.3, -0.25) is 0 Å². The lowest BCUT2D eigenvalue weighted by molar-refractivity contribution is 0.357. The third kappa shape index (κ3) is 1.63. The molecule has 0 spiro atoms. The Morgan fingerprint density at radius 3 is 3.13 bits per heavy atom. The fourth-order valence-corrected chi connectivity index (χ4v) is 2.65. The Balaban J connectivity index is 1.87. The second kappa shape index (κ2) is 3.53. The minimum atomic E-state index is 0.666. The summed E-state index contributed by atoms with van der Waals surface area (Å²) in [4.78, 5) is 0. The van der Waals surface area contributed by atoms with E-state index in [0.29, 0.717) is 12.0 Å². The van der Waals surface area contributed by atoms with E-state index in [-0.39, 0.29) is 0 Å². The summed E-state index contributed by atoms with van der Waals surface area (Å²) in [6, 6.07) is 7.38. The van der Waals surface area contributed by atoms with Crippen LogP contribution in [-0.2, 0) is 6.42 Å². The van der Waals surface area contributed by atoms with Crippen LogP contribution in [0.25, 0.3) is 0 Å². The van der Waals surface area contributed by atoms with Gasteiger partial charge >= 0.3 is 0 Å². The van der Waals surface area contributed by atoms with Crippen LogP contribution in [-0.4, -0.2) is 19.2 Å². The largest absolute Gasteiger partial charge is 0.493 e. The third-order valence-corrected chi connectivity index (χ3v) is 3.54. The molecule has 0 aromatic heterocycles. The average molecular weight is 203 g/mol. The summed E-state index contributed by atoms with van der Waals surface area (Å²) in [6.45, 7) is 4.25. The quantitative estimate of drug-likeness (QED) is 0.754. The molecule has 2 atom stereocenters. The van der Waals surface area contributed by atoms with Crippen LogP contribution >= 0.6 is 0 Å². The first-order chi connectivity index (χ1) is 7.33. The number of benzene rings is 1. The van der Waals surface area contributed by atoms with Crippen molar-refractivity contribution in [3.63, 3.8) is 0 Å². The van der Waals surface area contributed by atoms with Gasteiger partial charge in [0.2, 0.25) is 0 Å². The molecule has 0 radical (unpaired) electrons. The lowest BCUT2D eigenvalue weighted by atomic mass is 9.94. The Kier molecular flexibility index (Phi) is 2.17. The maximum Gasteiger partial charge on any atom is 0.122 e. The highest BCUT2D eigenvalue weighted by atomic mass is 16.5. The number of hydrogen-bond acceptors (Lipinski definition) is 2. The van der Waals surface area contributed by atoms with Crippen molar-refractivity contribution in [3.05, 3.63) is 29.3 Å². The zero-order chi connectivity index (χ0) is 10.3. The van der Waals surface area contributed by atoms with Crippen LogP contribution in [0.4, 0.5) is 0 Å². The lowest BCUT2D eigenvalue weighted by Gasteiger charge is -2.10. The van der Waals surface area contributed by atoms with Gasteiger partial charge in [-0.25, -0.2) is 0 Å². The van der Waals surface area contributed by atoms with Gasteiger partial charge in [0.15, 0.2) is 0 Å². The second-order valence-corrected chi connectivity index (χ2v) is 4.71. The summed E-state index contributed by atoms with van der Waals surface area (Å²) in [6.07, 6.45) is 2.35. The highest BCUT2D eigenvalue weighted by Crippen LogP contribution is 2.31. The van der Waals surface area contributed by atoms with Gasteiger partial charge < -0.3 is 10.1 Å². The highest BCUT2D eigenvalue weighted by Gasteiger charge is 2.23. The SMILES string of the molecule is CC1CC(c2ccc3c(c2)CCO3)CN1. The molecule has 2 unspecified atom stereocenters. The molecular weight excluding hydrogens is 186 g/mol. The Morgan fingerprint density at radius 1 is 1.40 bits per heavy atom. The predicted octanol–water partition coefficient (Wildman–Crippen LogP) is 2.09. The van der Waals surface area contributed by atoms with Crippen molar-refractivity contribution in [3.8, 4) is 5.75 Å². The summed E-state index contributed by atoms with van der Waals surface area (Å²) in [5.41, 5.74) is 2.88. The molecule has 2 aliphatic heterocycles. The first-order valence-corrected chi connectivity index (χ1v) is 5.82. The maximum absolute atomic E-state index is 5.52. The molecule has 2 nitrogen and oxygen atoms in total. The minimum absolute atomic E-state index is 0.666. The molecule has 1 aromatic rings. The molecule has 0 bridgehead atoms. The molecule has 1 fully saturated rings. The highest BCUT2D eigenvalue weighted by molar-refractivity contribution is 5.41. The number of rotatable bonds is 1. The van der Waals surface area contributed by atoms with E-state index < -0.39 is 0 Å². The van der Waals surface area contributed by atoms with Gasteiger partial charge in [0.05, 0.1) is 6.61 Å². The van der Waals surface area contributed by atoms with Gasteiger partial charge in [0.25, 0.3) is 0 Å². The fourth-order valence-electron chi connectivity index (χ4n) is 2.65.